The fraction of sp³-hybridized carbons (Fsp3) is 0.118. The van der Waals surface area contributed by atoms with E-state index in [4.69, 9.17) is 4.74 Å². The molecule has 0 aliphatic rings. The van der Waals surface area contributed by atoms with Crippen molar-refractivity contribution in [3.05, 3.63) is 71.9 Å². The Kier molecular flexibility index (Phi) is 4.56. The molecule has 102 valence electrons. The summed E-state index contributed by atoms with van der Waals surface area (Å²) in [5.74, 6) is 0.610. The van der Waals surface area contributed by atoms with Gasteiger partial charge in [-0.2, -0.15) is 0 Å². The quantitative estimate of drug-likeness (QED) is 0.661. The van der Waals surface area contributed by atoms with Crippen LogP contribution in [-0.2, 0) is 0 Å². The highest BCUT2D eigenvalue weighted by Gasteiger charge is 2.02. The van der Waals surface area contributed by atoms with Crippen LogP contribution in [0.25, 0.3) is 0 Å². The third kappa shape index (κ3) is 3.72. The molecular weight excluding hydrogens is 250 g/mol. The van der Waals surface area contributed by atoms with Crippen LogP contribution in [-0.4, -0.2) is 12.9 Å². The van der Waals surface area contributed by atoms with Crippen molar-refractivity contribution in [3.63, 3.8) is 0 Å². The molecule has 0 aliphatic carbocycles. The van der Waals surface area contributed by atoms with E-state index in [0.29, 0.717) is 11.3 Å². The van der Waals surface area contributed by atoms with Crippen LogP contribution >= 0.6 is 0 Å². The molecule has 0 spiro atoms. The summed E-state index contributed by atoms with van der Waals surface area (Å²) in [6.45, 7) is 2.03. The maximum absolute atomic E-state index is 12.0. The number of methoxy groups -OCH3 is 1. The number of nitrogens with one attached hydrogen (secondary N) is 1. The van der Waals surface area contributed by atoms with Gasteiger partial charge < -0.3 is 10.1 Å². The summed E-state index contributed by atoms with van der Waals surface area (Å²) >= 11 is 0. The summed E-state index contributed by atoms with van der Waals surface area (Å²) in [6.07, 6.45) is 3.15. The first kappa shape index (κ1) is 13.9. The van der Waals surface area contributed by atoms with E-state index < -0.39 is 0 Å². The summed E-state index contributed by atoms with van der Waals surface area (Å²) in [7, 11) is 1.58. The maximum atomic E-state index is 12.0. The van der Waals surface area contributed by atoms with Crippen molar-refractivity contribution in [2.75, 3.05) is 12.4 Å². The van der Waals surface area contributed by atoms with Gasteiger partial charge in [-0.15, -0.1) is 0 Å². The van der Waals surface area contributed by atoms with E-state index in [2.05, 4.69) is 5.32 Å². The zero-order valence-corrected chi connectivity index (χ0v) is 11.6. The van der Waals surface area contributed by atoms with Gasteiger partial charge >= 0.3 is 0 Å². The summed E-state index contributed by atoms with van der Waals surface area (Å²) in [4.78, 5) is 12.0. The van der Waals surface area contributed by atoms with Gasteiger partial charge in [-0.1, -0.05) is 29.8 Å². The topological polar surface area (TPSA) is 38.3 Å². The van der Waals surface area contributed by atoms with E-state index in [1.807, 2.05) is 37.3 Å². The summed E-state index contributed by atoms with van der Waals surface area (Å²) in [6, 6.07) is 15.1. The van der Waals surface area contributed by atoms with E-state index in [0.717, 1.165) is 5.69 Å². The smallest absolute Gasteiger partial charge is 0.187 e. The van der Waals surface area contributed by atoms with Crippen LogP contribution < -0.4 is 10.1 Å². The number of hydrogen-bond acceptors (Lipinski definition) is 3. The molecule has 0 aliphatic heterocycles. The Hall–Kier alpha value is -2.55. The van der Waals surface area contributed by atoms with E-state index >= 15 is 0 Å². The SMILES string of the molecule is COc1cccc(C(=O)/C=C/Nc2ccc(C)cc2)c1. The molecule has 0 atom stereocenters. The third-order valence-electron chi connectivity index (χ3n) is 2.89. The van der Waals surface area contributed by atoms with E-state index in [1.54, 1.807) is 31.5 Å². The van der Waals surface area contributed by atoms with Gasteiger partial charge in [-0.05, 0) is 31.2 Å². The largest absolute Gasteiger partial charge is 0.497 e. The van der Waals surface area contributed by atoms with Crippen LogP contribution in [0, 0.1) is 6.92 Å². The molecule has 0 amide bonds. The van der Waals surface area contributed by atoms with Crippen LogP contribution in [0.15, 0.2) is 60.8 Å². The second-order valence-corrected chi connectivity index (χ2v) is 4.44. The normalized spacial score (nSPS) is 10.5. The number of ketones is 1. The van der Waals surface area contributed by atoms with Crippen LogP contribution in [0.4, 0.5) is 5.69 Å². The molecule has 3 nitrogen and oxygen atoms in total. The molecule has 0 fully saturated rings. The Labute approximate surface area is 118 Å². The lowest BCUT2D eigenvalue weighted by atomic mass is 10.1. The van der Waals surface area contributed by atoms with Gasteiger partial charge in [0.05, 0.1) is 7.11 Å². The van der Waals surface area contributed by atoms with Crippen LogP contribution in [0.5, 0.6) is 5.75 Å². The Bertz CT molecular complexity index is 615. The molecule has 0 saturated carbocycles. The van der Waals surface area contributed by atoms with Crippen molar-refractivity contribution in [2.24, 2.45) is 0 Å². The highest BCUT2D eigenvalue weighted by molar-refractivity contribution is 6.04. The average Bonchev–Trinajstić information content (AvgIpc) is 2.49. The van der Waals surface area contributed by atoms with Gasteiger partial charge in [0.1, 0.15) is 5.75 Å². The molecule has 0 saturated heterocycles. The molecule has 20 heavy (non-hydrogen) atoms. The number of anilines is 1. The van der Waals surface area contributed by atoms with Crippen molar-refractivity contribution >= 4 is 11.5 Å². The number of ether oxygens (including phenoxy) is 1. The summed E-state index contributed by atoms with van der Waals surface area (Å²) in [5, 5.41) is 3.07. The minimum absolute atomic E-state index is 0.0662. The zero-order chi connectivity index (χ0) is 14.4. The van der Waals surface area contributed by atoms with Gasteiger partial charge in [0.2, 0.25) is 0 Å². The predicted octanol–water partition coefficient (Wildman–Crippen LogP) is 3.81. The molecular formula is C17H17NO2. The first-order valence-electron chi connectivity index (χ1n) is 6.37. The number of allylic oxidation sites excluding steroid dienone is 1. The third-order valence-corrected chi connectivity index (χ3v) is 2.89. The van der Waals surface area contributed by atoms with Crippen molar-refractivity contribution in [2.45, 2.75) is 6.92 Å². The number of carbonyl (C=O) groups is 1. The van der Waals surface area contributed by atoms with Gasteiger partial charge in [-0.3, -0.25) is 4.79 Å². The van der Waals surface area contributed by atoms with Crippen molar-refractivity contribution in [1.29, 1.82) is 0 Å². The van der Waals surface area contributed by atoms with E-state index in [9.17, 15) is 4.79 Å². The summed E-state index contributed by atoms with van der Waals surface area (Å²) in [5.41, 5.74) is 2.75. The fourth-order valence-corrected chi connectivity index (χ4v) is 1.74. The second kappa shape index (κ2) is 6.57. The molecule has 0 unspecified atom stereocenters. The van der Waals surface area contributed by atoms with Crippen LogP contribution in [0.1, 0.15) is 15.9 Å². The van der Waals surface area contributed by atoms with Crippen molar-refractivity contribution in [3.8, 4) is 5.75 Å². The number of carbonyl (C=O) groups excluding carboxylic acids is 1. The molecule has 0 radical (unpaired) electrons. The Morgan fingerprint density at radius 1 is 1.15 bits per heavy atom. The van der Waals surface area contributed by atoms with Gasteiger partial charge in [-0.25, -0.2) is 0 Å². The standard InChI is InChI=1S/C17H17NO2/c1-13-6-8-15(9-7-13)18-11-10-17(19)14-4-3-5-16(12-14)20-2/h3-12,18H,1-2H3/b11-10+. The zero-order valence-electron chi connectivity index (χ0n) is 11.6. The molecule has 3 heteroatoms. The maximum Gasteiger partial charge on any atom is 0.187 e. The Morgan fingerprint density at radius 2 is 1.90 bits per heavy atom. The lowest BCUT2D eigenvalue weighted by molar-refractivity contribution is 0.104. The van der Waals surface area contributed by atoms with Crippen LogP contribution in [0.2, 0.25) is 0 Å². The average molecular weight is 267 g/mol. The van der Waals surface area contributed by atoms with Gasteiger partial charge in [0, 0.05) is 23.5 Å². The lowest BCUT2D eigenvalue weighted by Gasteiger charge is -2.02. The molecule has 2 aromatic rings. The molecule has 0 aromatic heterocycles. The highest BCUT2D eigenvalue weighted by atomic mass is 16.5. The van der Waals surface area contributed by atoms with Gasteiger partial charge in [0.25, 0.3) is 0 Å². The predicted molar refractivity (Wildman–Crippen MR) is 81.3 cm³/mol. The summed E-state index contributed by atoms with van der Waals surface area (Å²) < 4.78 is 5.10. The fourth-order valence-electron chi connectivity index (χ4n) is 1.74. The molecule has 2 rings (SSSR count). The first-order chi connectivity index (χ1) is 9.69. The monoisotopic (exact) mass is 267 g/mol. The minimum atomic E-state index is -0.0662. The van der Waals surface area contributed by atoms with E-state index in [1.165, 1.54) is 11.6 Å². The first-order valence-corrected chi connectivity index (χ1v) is 6.37. The second-order valence-electron chi connectivity index (χ2n) is 4.44. The molecule has 0 bridgehead atoms. The molecule has 2 aromatic carbocycles. The van der Waals surface area contributed by atoms with Crippen molar-refractivity contribution < 1.29 is 9.53 Å². The molecule has 1 N–H and O–H groups in total. The number of benzene rings is 2. The lowest BCUT2D eigenvalue weighted by Crippen LogP contribution is -1.97. The van der Waals surface area contributed by atoms with E-state index in [-0.39, 0.29) is 5.78 Å². The number of rotatable bonds is 5. The number of hydrogen-bond donors (Lipinski definition) is 1. The highest BCUT2D eigenvalue weighted by Crippen LogP contribution is 2.13. The Morgan fingerprint density at radius 3 is 2.60 bits per heavy atom. The molecule has 0 heterocycles. The van der Waals surface area contributed by atoms with Crippen molar-refractivity contribution in [1.82, 2.24) is 0 Å². The number of aryl methyl sites for hydroxylation is 1. The van der Waals surface area contributed by atoms with Gasteiger partial charge in [0.15, 0.2) is 5.78 Å². The minimum Gasteiger partial charge on any atom is -0.497 e. The Balaban J connectivity index is 2.00. The van der Waals surface area contributed by atoms with Crippen LogP contribution in [0.3, 0.4) is 0 Å².